The summed E-state index contributed by atoms with van der Waals surface area (Å²) in [5.74, 6) is 3.22. The van der Waals surface area contributed by atoms with Crippen LogP contribution in [0.3, 0.4) is 0 Å². The fourth-order valence-electron chi connectivity index (χ4n) is 10.7. The molecular weight excluding hydrogens is 637 g/mol. The average Bonchev–Trinajstić information content (AvgIpc) is 3.88. The number of allylic oxidation sites excluding steroid dienone is 6. The van der Waals surface area contributed by atoms with Gasteiger partial charge in [-0.2, -0.15) is 0 Å². The minimum absolute atomic E-state index is 0.187. The number of furan rings is 1. The minimum Gasteiger partial charge on any atom is -0.461 e. The molecule has 7 unspecified atom stereocenters. The lowest BCUT2D eigenvalue weighted by Crippen LogP contribution is -2.49. The molecule has 0 spiro atoms. The normalized spacial score (nSPS) is 29.6. The molecule has 2 aromatic carbocycles. The number of nitrogens with zero attached hydrogens (tertiary/aromatic N) is 2. The summed E-state index contributed by atoms with van der Waals surface area (Å²) in [4.78, 5) is 2.89. The Balaban J connectivity index is 1.04. The van der Waals surface area contributed by atoms with Gasteiger partial charge < -0.3 is 13.7 Å². The van der Waals surface area contributed by atoms with E-state index in [9.17, 15) is 0 Å². The highest BCUT2D eigenvalue weighted by Gasteiger charge is 2.47. The third-order valence-electron chi connectivity index (χ3n) is 13.0. The van der Waals surface area contributed by atoms with Crippen LogP contribution in [0.5, 0.6) is 0 Å². The van der Waals surface area contributed by atoms with Crippen LogP contribution in [0.25, 0.3) is 39.9 Å². The van der Waals surface area contributed by atoms with Crippen molar-refractivity contribution in [1.82, 2.24) is 9.47 Å². The van der Waals surface area contributed by atoms with Gasteiger partial charge in [-0.25, -0.2) is 0 Å². The quantitative estimate of drug-likeness (QED) is 0.196. The van der Waals surface area contributed by atoms with Crippen LogP contribution in [-0.2, 0) is 24.0 Å². The van der Waals surface area contributed by atoms with Gasteiger partial charge in [0.05, 0.1) is 17.7 Å². The first kappa shape index (κ1) is 30.9. The molecule has 7 aliphatic rings. The summed E-state index contributed by atoms with van der Waals surface area (Å²) >= 11 is 0. The van der Waals surface area contributed by atoms with Crippen LogP contribution in [0.1, 0.15) is 78.5 Å². The van der Waals surface area contributed by atoms with Crippen molar-refractivity contribution in [3.8, 4) is 11.1 Å². The van der Waals surface area contributed by atoms with Gasteiger partial charge in [0.15, 0.2) is 0 Å². The van der Waals surface area contributed by atoms with Crippen molar-refractivity contribution in [2.45, 2.75) is 88.1 Å². The molecule has 1 fully saturated rings. The largest absolute Gasteiger partial charge is 0.461 e. The Hall–Kier alpha value is -4.64. The van der Waals surface area contributed by atoms with Gasteiger partial charge in [0.25, 0.3) is 0 Å². The van der Waals surface area contributed by atoms with Crippen LogP contribution >= 0.6 is 0 Å². The number of fused-ring (bicyclic) bond motifs is 9. The van der Waals surface area contributed by atoms with Crippen molar-refractivity contribution >= 4 is 28.8 Å². The summed E-state index contributed by atoms with van der Waals surface area (Å²) in [7, 11) is 0. The smallest absolute Gasteiger partial charge is 0.131 e. The lowest BCUT2D eigenvalue weighted by Gasteiger charge is -2.45. The molecule has 11 rings (SSSR count). The first-order chi connectivity index (χ1) is 25.8. The fraction of sp³-hybridized carbons (Fsp3) is 0.333. The molecule has 1 aliphatic heterocycles. The van der Waals surface area contributed by atoms with Crippen molar-refractivity contribution in [3.63, 3.8) is 0 Å². The fourth-order valence-corrected chi connectivity index (χ4v) is 10.7. The SMILES string of the molecule is C1=CC2OC3CC(N(C4C=Cc5c(c6cc(-c7ccccc7)ccc6n5C5=CCCC=C5)C4)C4CC=Cc5oc6c(c54)CCCC6)C=CC3C2C=C1. The van der Waals surface area contributed by atoms with Gasteiger partial charge >= 0.3 is 0 Å². The zero-order valence-corrected chi connectivity index (χ0v) is 29.7. The Morgan fingerprint density at radius 2 is 1.67 bits per heavy atom. The van der Waals surface area contributed by atoms with Crippen LogP contribution in [0, 0.1) is 11.8 Å². The van der Waals surface area contributed by atoms with Gasteiger partial charge in [0.1, 0.15) is 11.5 Å². The molecule has 1 saturated heterocycles. The van der Waals surface area contributed by atoms with E-state index >= 15 is 0 Å². The second-order valence-electron chi connectivity index (χ2n) is 15.9. The van der Waals surface area contributed by atoms with Crippen LogP contribution in [0.15, 0.2) is 120 Å². The monoisotopic (exact) mass is 682 g/mol. The van der Waals surface area contributed by atoms with Crippen LogP contribution in [0.4, 0.5) is 0 Å². The molecule has 260 valence electrons. The number of hydrogen-bond donors (Lipinski definition) is 0. The predicted octanol–water partition coefficient (Wildman–Crippen LogP) is 10.8. The molecule has 0 bridgehead atoms. The van der Waals surface area contributed by atoms with E-state index in [2.05, 4.69) is 137 Å². The van der Waals surface area contributed by atoms with E-state index in [-0.39, 0.29) is 30.3 Å². The third kappa shape index (κ3) is 4.94. The number of aryl methyl sites for hydroxylation is 1. The molecule has 4 nitrogen and oxygen atoms in total. The molecule has 2 aromatic heterocycles. The third-order valence-corrected chi connectivity index (χ3v) is 13.0. The molecule has 4 aromatic rings. The van der Waals surface area contributed by atoms with Gasteiger partial charge in [0, 0.05) is 58.7 Å². The first-order valence-corrected chi connectivity index (χ1v) is 19.8. The zero-order chi connectivity index (χ0) is 34.2. The van der Waals surface area contributed by atoms with Crippen LogP contribution < -0.4 is 0 Å². The van der Waals surface area contributed by atoms with E-state index in [1.54, 1.807) is 0 Å². The molecule has 0 saturated carbocycles. The Kier molecular flexibility index (Phi) is 7.44. The van der Waals surface area contributed by atoms with E-state index < -0.39 is 0 Å². The molecule has 3 heterocycles. The van der Waals surface area contributed by atoms with E-state index in [4.69, 9.17) is 9.15 Å². The van der Waals surface area contributed by atoms with Crippen molar-refractivity contribution < 1.29 is 9.15 Å². The Morgan fingerprint density at radius 1 is 0.750 bits per heavy atom. The maximum atomic E-state index is 6.83. The lowest BCUT2D eigenvalue weighted by molar-refractivity contribution is 0.0197. The molecule has 7 atom stereocenters. The Morgan fingerprint density at radius 3 is 2.60 bits per heavy atom. The second kappa shape index (κ2) is 12.5. The summed E-state index contributed by atoms with van der Waals surface area (Å²) in [6.45, 7) is 0. The van der Waals surface area contributed by atoms with Gasteiger partial charge in [-0.05, 0) is 104 Å². The van der Waals surface area contributed by atoms with Crippen molar-refractivity contribution in [3.05, 3.63) is 149 Å². The summed E-state index contributed by atoms with van der Waals surface area (Å²) in [5.41, 5.74) is 10.9. The van der Waals surface area contributed by atoms with Gasteiger partial charge in [-0.15, -0.1) is 0 Å². The summed E-state index contributed by atoms with van der Waals surface area (Å²) in [6, 6.07) is 18.8. The topological polar surface area (TPSA) is 30.5 Å². The number of benzene rings is 2. The molecular formula is C48H46N2O2. The summed E-state index contributed by atoms with van der Waals surface area (Å²) < 4.78 is 16.0. The highest BCUT2D eigenvalue weighted by Crippen LogP contribution is 2.48. The zero-order valence-electron chi connectivity index (χ0n) is 29.7. The number of aromatic nitrogens is 1. The summed E-state index contributed by atoms with van der Waals surface area (Å²) in [5, 5.41) is 1.37. The molecule has 52 heavy (non-hydrogen) atoms. The van der Waals surface area contributed by atoms with Crippen LogP contribution in [0.2, 0.25) is 0 Å². The molecule has 0 N–H and O–H groups in total. The van der Waals surface area contributed by atoms with Gasteiger partial charge in [0.2, 0.25) is 0 Å². The average molecular weight is 683 g/mol. The van der Waals surface area contributed by atoms with E-state index in [1.165, 1.54) is 68.7 Å². The highest BCUT2D eigenvalue weighted by atomic mass is 16.5. The standard InChI is InChI=1S/C48H46N2O2/c1-3-12-31(13-4-1)32-22-26-41-39(28-32)40-29-34(24-27-42(40)50(41)33-14-5-2-6-15-33)49(35-23-25-37-36-16-7-9-19-44(36)52-47(37)30-35)43-18-11-21-46-48(43)38-17-8-10-20-45(38)51-46/h1,3-5,7,9,11-16,19,21-28,34-37,43-44,47H,2,6,8,10,17-18,20,29-30H2. The minimum atomic E-state index is 0.187. The maximum Gasteiger partial charge on any atom is 0.131 e. The maximum absolute atomic E-state index is 6.83. The molecule has 0 radical (unpaired) electrons. The highest BCUT2D eigenvalue weighted by molar-refractivity contribution is 5.95. The number of rotatable bonds is 5. The first-order valence-electron chi connectivity index (χ1n) is 19.8. The predicted molar refractivity (Wildman–Crippen MR) is 212 cm³/mol. The second-order valence-corrected chi connectivity index (χ2v) is 15.9. The summed E-state index contributed by atoms with van der Waals surface area (Å²) in [6.07, 6.45) is 41.0. The van der Waals surface area contributed by atoms with Crippen molar-refractivity contribution in [2.24, 2.45) is 11.8 Å². The Labute approximate surface area is 306 Å². The molecule has 4 heteroatoms. The number of ether oxygens (including phenoxy) is 1. The van der Waals surface area contributed by atoms with Gasteiger partial charge in [-0.1, -0.05) is 97.2 Å². The van der Waals surface area contributed by atoms with Crippen LogP contribution in [-0.4, -0.2) is 33.8 Å². The molecule has 6 aliphatic carbocycles. The van der Waals surface area contributed by atoms with E-state index in [0.717, 1.165) is 50.7 Å². The number of hydrogen-bond acceptors (Lipinski definition) is 3. The van der Waals surface area contributed by atoms with E-state index in [0.29, 0.717) is 11.8 Å². The lowest BCUT2D eigenvalue weighted by atomic mass is 9.78. The van der Waals surface area contributed by atoms with Gasteiger partial charge in [-0.3, -0.25) is 4.90 Å². The van der Waals surface area contributed by atoms with Crippen molar-refractivity contribution in [2.75, 3.05) is 0 Å². The van der Waals surface area contributed by atoms with E-state index in [1.807, 2.05) is 0 Å². The van der Waals surface area contributed by atoms with Crippen molar-refractivity contribution in [1.29, 1.82) is 0 Å². The molecule has 0 amide bonds. The Bertz CT molecular complexity index is 2270.